The number of nitrogens with two attached hydrogens (primary N) is 1. The van der Waals surface area contributed by atoms with Crippen molar-refractivity contribution in [1.82, 2.24) is 19.2 Å². The van der Waals surface area contributed by atoms with E-state index in [4.69, 9.17) is 5.73 Å². The number of aromatic nitrogens is 4. The van der Waals surface area contributed by atoms with Crippen molar-refractivity contribution >= 4 is 33.8 Å². The van der Waals surface area contributed by atoms with Crippen LogP contribution >= 0.6 is 0 Å². The molecule has 2 aliphatic carbocycles. The van der Waals surface area contributed by atoms with Crippen LogP contribution in [-0.4, -0.2) is 44.2 Å². The van der Waals surface area contributed by atoms with Crippen molar-refractivity contribution in [3.63, 3.8) is 0 Å². The molecule has 1 saturated heterocycles. The fourth-order valence-electron chi connectivity index (χ4n) is 5.18. The fraction of sp³-hybridized carbons (Fsp3) is 0.423. The first-order chi connectivity index (χ1) is 16.8. The average molecular weight is 476 g/mol. The second-order valence-electron chi connectivity index (χ2n) is 10.2. The van der Waals surface area contributed by atoms with Crippen LogP contribution in [0.3, 0.4) is 0 Å². The molecule has 1 atom stereocenters. The first kappa shape index (κ1) is 22.0. The molecule has 1 aliphatic heterocycles. The molecule has 0 bridgehead atoms. The number of halogens is 1. The number of hydrogen-bond acceptors (Lipinski definition) is 5. The van der Waals surface area contributed by atoms with Crippen molar-refractivity contribution in [2.75, 3.05) is 23.3 Å². The van der Waals surface area contributed by atoms with Crippen molar-refractivity contribution in [2.45, 2.75) is 45.1 Å². The highest BCUT2D eigenvalue weighted by atomic mass is 19.1. The van der Waals surface area contributed by atoms with Gasteiger partial charge in [0.25, 0.3) is 5.91 Å². The molecule has 3 aliphatic rings. The molecule has 4 aromatic rings. The van der Waals surface area contributed by atoms with Gasteiger partial charge in [-0.25, -0.2) is 9.37 Å². The van der Waals surface area contributed by atoms with Crippen LogP contribution in [0.5, 0.6) is 0 Å². The number of carbonyl (C=O) groups excluding carboxylic acids is 1. The van der Waals surface area contributed by atoms with Gasteiger partial charge >= 0.3 is 0 Å². The zero-order valence-electron chi connectivity index (χ0n) is 20.1. The summed E-state index contributed by atoms with van der Waals surface area (Å²) in [6, 6.07) is 5.67. The van der Waals surface area contributed by atoms with Gasteiger partial charge in [0.05, 0.1) is 16.9 Å². The van der Waals surface area contributed by atoms with Crippen molar-refractivity contribution in [3.8, 4) is 0 Å². The molecule has 7 rings (SSSR count). The molecule has 1 unspecified atom stereocenters. The molecule has 3 N–H and O–H groups in total. The number of aryl methyl sites for hydroxylation is 2. The number of pyridine rings is 1. The normalized spacial score (nSPS) is 19.8. The van der Waals surface area contributed by atoms with Crippen LogP contribution < -0.4 is 16.0 Å². The van der Waals surface area contributed by atoms with E-state index in [1.54, 1.807) is 34.5 Å². The van der Waals surface area contributed by atoms with E-state index in [1.165, 1.54) is 38.2 Å². The number of anilines is 2. The first-order valence-corrected chi connectivity index (χ1v) is 12.3. The van der Waals surface area contributed by atoms with Gasteiger partial charge in [-0.1, -0.05) is 0 Å². The number of hydrogen-bond donors (Lipinski definition) is 2. The van der Waals surface area contributed by atoms with Gasteiger partial charge in [-0.15, -0.1) is 0 Å². The number of fused-ring (bicyclic) bond motifs is 2. The molecule has 1 amide bonds. The SMILES string of the molecule is Cc1cn2cc(NC(=O)c3ccc(N4CCCC4)c4cn(C)nc34)cc(F)c2n1.NC1CC12CC2. The molecule has 3 aromatic heterocycles. The predicted octanol–water partition coefficient (Wildman–Crippen LogP) is 4.02. The van der Waals surface area contributed by atoms with Gasteiger partial charge in [-0.3, -0.25) is 9.48 Å². The lowest BCUT2D eigenvalue weighted by Crippen LogP contribution is -2.19. The lowest BCUT2D eigenvalue weighted by molar-refractivity contribution is 0.102. The summed E-state index contributed by atoms with van der Waals surface area (Å²) in [6.07, 6.45) is 11.8. The lowest BCUT2D eigenvalue weighted by Gasteiger charge is -2.19. The van der Waals surface area contributed by atoms with Crippen molar-refractivity contribution in [1.29, 1.82) is 0 Å². The smallest absolute Gasteiger partial charge is 0.257 e. The molecule has 4 heterocycles. The average Bonchev–Trinajstić information content (AvgIpc) is 3.41. The fourth-order valence-corrected chi connectivity index (χ4v) is 5.18. The van der Waals surface area contributed by atoms with Crippen molar-refractivity contribution in [3.05, 3.63) is 53.9 Å². The number of nitrogens with one attached hydrogen (secondary N) is 1. The molecule has 0 radical (unpaired) electrons. The van der Waals surface area contributed by atoms with Gasteiger partial charge in [0.2, 0.25) is 0 Å². The Kier molecular flexibility index (Phi) is 5.07. The molecule has 2 saturated carbocycles. The molecule has 1 spiro atoms. The summed E-state index contributed by atoms with van der Waals surface area (Å²) < 4.78 is 17.6. The topological polar surface area (TPSA) is 93.5 Å². The summed E-state index contributed by atoms with van der Waals surface area (Å²) in [5.41, 5.74) is 9.82. The highest BCUT2D eigenvalue weighted by Gasteiger charge is 2.60. The van der Waals surface area contributed by atoms with Crippen LogP contribution in [0, 0.1) is 18.2 Å². The molecule has 35 heavy (non-hydrogen) atoms. The molecule has 182 valence electrons. The second kappa shape index (κ2) is 8.05. The maximum absolute atomic E-state index is 14.3. The molecular formula is C26H30FN7O. The van der Waals surface area contributed by atoms with Crippen LogP contribution in [0.15, 0.2) is 36.8 Å². The second-order valence-corrected chi connectivity index (χ2v) is 10.2. The Balaban J connectivity index is 0.000000328. The monoisotopic (exact) mass is 475 g/mol. The van der Waals surface area contributed by atoms with E-state index < -0.39 is 5.82 Å². The highest BCUT2D eigenvalue weighted by Crippen LogP contribution is 2.64. The molecule has 9 heteroatoms. The minimum absolute atomic E-state index is 0.239. The third kappa shape index (κ3) is 4.03. The zero-order valence-corrected chi connectivity index (χ0v) is 20.1. The number of benzene rings is 1. The van der Waals surface area contributed by atoms with E-state index >= 15 is 0 Å². The van der Waals surface area contributed by atoms with Gasteiger partial charge in [0.15, 0.2) is 11.5 Å². The number of rotatable bonds is 3. The number of amides is 1. The van der Waals surface area contributed by atoms with E-state index in [2.05, 4.69) is 20.3 Å². The van der Waals surface area contributed by atoms with Crippen LogP contribution in [0.25, 0.3) is 16.6 Å². The molecular weight excluding hydrogens is 445 g/mol. The van der Waals surface area contributed by atoms with E-state index in [0.29, 0.717) is 28.5 Å². The Labute approximate surface area is 202 Å². The summed E-state index contributed by atoms with van der Waals surface area (Å²) in [5.74, 6) is -0.805. The number of nitrogens with zero attached hydrogens (tertiary/aromatic N) is 5. The summed E-state index contributed by atoms with van der Waals surface area (Å²) >= 11 is 0. The Hall–Kier alpha value is -3.46. The molecule has 3 fully saturated rings. The summed E-state index contributed by atoms with van der Waals surface area (Å²) in [4.78, 5) is 19.5. The summed E-state index contributed by atoms with van der Waals surface area (Å²) in [7, 11) is 1.85. The standard InChI is InChI=1S/C21H21FN6O.C5H9N/c1-13-10-28-11-14(9-17(22)20(28)23-13)24-21(29)15-5-6-18(27-7-3-4-8-27)16-12-26(2)25-19(15)16;6-4-3-5(4)1-2-5/h5-6,9-12H,3-4,7-8H2,1-2H3,(H,24,29);4H,1-3,6H2. The third-order valence-electron chi connectivity index (χ3n) is 7.49. The van der Waals surface area contributed by atoms with Gasteiger partial charge in [0.1, 0.15) is 5.52 Å². The zero-order chi connectivity index (χ0) is 24.3. The number of imidazole rings is 1. The Morgan fingerprint density at radius 2 is 1.94 bits per heavy atom. The first-order valence-electron chi connectivity index (χ1n) is 12.3. The van der Waals surface area contributed by atoms with Crippen LogP contribution in [-0.2, 0) is 7.05 Å². The van der Waals surface area contributed by atoms with Crippen LogP contribution in [0.4, 0.5) is 15.8 Å². The van der Waals surface area contributed by atoms with E-state index in [9.17, 15) is 9.18 Å². The van der Waals surface area contributed by atoms with Gasteiger partial charge in [-0.05, 0) is 56.6 Å². The largest absolute Gasteiger partial charge is 0.371 e. The van der Waals surface area contributed by atoms with E-state index in [1.807, 2.05) is 19.3 Å². The minimum atomic E-state index is -0.483. The van der Waals surface area contributed by atoms with Crippen molar-refractivity contribution in [2.24, 2.45) is 18.2 Å². The van der Waals surface area contributed by atoms with Crippen LogP contribution in [0.1, 0.15) is 48.2 Å². The quantitative estimate of drug-likeness (QED) is 0.467. The van der Waals surface area contributed by atoms with Gasteiger partial charge < -0.3 is 20.4 Å². The van der Waals surface area contributed by atoms with Gasteiger partial charge in [0, 0.05) is 61.9 Å². The van der Waals surface area contributed by atoms with Crippen molar-refractivity contribution < 1.29 is 9.18 Å². The molecule has 1 aromatic carbocycles. The predicted molar refractivity (Wildman–Crippen MR) is 134 cm³/mol. The Morgan fingerprint density at radius 1 is 1.20 bits per heavy atom. The Bertz CT molecular complexity index is 1450. The van der Waals surface area contributed by atoms with Gasteiger partial charge in [-0.2, -0.15) is 5.10 Å². The number of carbonyl (C=O) groups is 1. The maximum atomic E-state index is 14.3. The summed E-state index contributed by atoms with van der Waals surface area (Å²) in [6.45, 7) is 3.82. The maximum Gasteiger partial charge on any atom is 0.257 e. The summed E-state index contributed by atoms with van der Waals surface area (Å²) in [5, 5.41) is 8.27. The van der Waals surface area contributed by atoms with Crippen LogP contribution in [0.2, 0.25) is 0 Å². The van der Waals surface area contributed by atoms with E-state index in [-0.39, 0.29) is 11.6 Å². The minimum Gasteiger partial charge on any atom is -0.371 e. The van der Waals surface area contributed by atoms with E-state index in [0.717, 1.165) is 29.6 Å². The lowest BCUT2D eigenvalue weighted by atomic mass is 10.1. The third-order valence-corrected chi connectivity index (χ3v) is 7.49. The highest BCUT2D eigenvalue weighted by molar-refractivity contribution is 6.13. The molecule has 8 nitrogen and oxygen atoms in total. The Morgan fingerprint density at radius 3 is 2.60 bits per heavy atom.